The van der Waals surface area contributed by atoms with Gasteiger partial charge in [-0.2, -0.15) is 0 Å². The maximum atomic E-state index is 13.3. The molecule has 3 aromatic rings. The Morgan fingerprint density at radius 3 is 2.74 bits per heavy atom. The molecule has 2 aromatic carbocycles. The number of carbonyl (C=O) groups excluding carboxylic acids is 2. The maximum Gasteiger partial charge on any atom is 0.291 e. The van der Waals surface area contributed by atoms with E-state index in [1.54, 1.807) is 25.2 Å². The second kappa shape index (κ2) is 8.40. The summed E-state index contributed by atoms with van der Waals surface area (Å²) in [6, 6.07) is 13.6. The standard InChI is InChI=1S/C23H22F2N6O3/c1-30-17-10-15(31-12-23(24,25)13-31)7-8-18(17)34-11-16(22(30)33)26-21(32)20-27-19(28-29-20)9-14-5-3-2-4-6-14/h2-8,10,16H,9,11-13H2,1H3,(H,26,32)(H,27,28,29). The van der Waals surface area contributed by atoms with Gasteiger partial charge in [0.1, 0.15) is 24.2 Å². The first-order valence-electron chi connectivity index (χ1n) is 10.7. The van der Waals surface area contributed by atoms with Crippen molar-refractivity contribution in [2.75, 3.05) is 36.5 Å². The molecule has 2 N–H and O–H groups in total. The zero-order valence-electron chi connectivity index (χ0n) is 18.3. The van der Waals surface area contributed by atoms with E-state index in [9.17, 15) is 18.4 Å². The van der Waals surface area contributed by atoms with Crippen LogP contribution >= 0.6 is 0 Å². The molecule has 1 atom stereocenters. The number of likely N-dealkylation sites (N-methyl/N-ethyl adjacent to an activating group) is 1. The zero-order chi connectivity index (χ0) is 23.9. The second-order valence-corrected chi connectivity index (χ2v) is 8.37. The highest BCUT2D eigenvalue weighted by Gasteiger charge is 2.44. The Balaban J connectivity index is 1.26. The predicted octanol–water partition coefficient (Wildman–Crippen LogP) is 2.00. The van der Waals surface area contributed by atoms with Crippen molar-refractivity contribution in [2.45, 2.75) is 18.4 Å². The predicted molar refractivity (Wildman–Crippen MR) is 119 cm³/mol. The van der Waals surface area contributed by atoms with Crippen LogP contribution in [0.2, 0.25) is 0 Å². The molecule has 3 heterocycles. The van der Waals surface area contributed by atoms with Gasteiger partial charge in [-0.05, 0) is 23.8 Å². The van der Waals surface area contributed by atoms with E-state index >= 15 is 0 Å². The van der Waals surface area contributed by atoms with Crippen LogP contribution in [-0.2, 0) is 11.2 Å². The SMILES string of the molecule is CN1C(=O)C(NC(=O)c2n[nH]c(Cc3ccccc3)n2)COc2ccc(N3CC(F)(F)C3)cc21. The van der Waals surface area contributed by atoms with Gasteiger partial charge in [0.2, 0.25) is 5.82 Å². The van der Waals surface area contributed by atoms with Crippen molar-refractivity contribution in [3.63, 3.8) is 0 Å². The van der Waals surface area contributed by atoms with Crippen molar-refractivity contribution >= 4 is 23.2 Å². The number of aromatic amines is 1. The van der Waals surface area contributed by atoms with Gasteiger partial charge in [-0.1, -0.05) is 30.3 Å². The third-order valence-corrected chi connectivity index (χ3v) is 5.80. The second-order valence-electron chi connectivity index (χ2n) is 8.37. The van der Waals surface area contributed by atoms with Crippen LogP contribution in [0.5, 0.6) is 5.75 Å². The molecule has 34 heavy (non-hydrogen) atoms. The summed E-state index contributed by atoms with van der Waals surface area (Å²) in [5, 5.41) is 9.34. The number of hydrogen-bond acceptors (Lipinski definition) is 6. The van der Waals surface area contributed by atoms with Crippen LogP contribution in [0.4, 0.5) is 20.2 Å². The molecule has 0 spiro atoms. The summed E-state index contributed by atoms with van der Waals surface area (Å²) in [4.78, 5) is 32.9. The lowest BCUT2D eigenvalue weighted by molar-refractivity contribution is -0.120. The third kappa shape index (κ3) is 4.28. The number of anilines is 2. The van der Waals surface area contributed by atoms with Gasteiger partial charge in [-0.15, -0.1) is 5.10 Å². The number of H-pyrrole nitrogens is 1. The number of halogens is 2. The van der Waals surface area contributed by atoms with E-state index < -0.39 is 23.8 Å². The Morgan fingerprint density at radius 1 is 1.24 bits per heavy atom. The van der Waals surface area contributed by atoms with Gasteiger partial charge in [0.25, 0.3) is 17.7 Å². The van der Waals surface area contributed by atoms with Gasteiger partial charge >= 0.3 is 0 Å². The number of nitrogens with one attached hydrogen (secondary N) is 2. The van der Waals surface area contributed by atoms with Gasteiger partial charge in [0.05, 0.1) is 18.8 Å². The lowest BCUT2D eigenvalue weighted by Gasteiger charge is -2.40. The van der Waals surface area contributed by atoms with Crippen LogP contribution in [0.3, 0.4) is 0 Å². The highest BCUT2D eigenvalue weighted by atomic mass is 19.3. The minimum absolute atomic E-state index is 0.0795. The molecular formula is C23H22F2N6O3. The minimum Gasteiger partial charge on any atom is -0.489 e. The molecule has 1 aromatic heterocycles. The van der Waals surface area contributed by atoms with Crippen molar-refractivity contribution in [2.24, 2.45) is 0 Å². The Hall–Kier alpha value is -4.02. The number of hydrogen-bond donors (Lipinski definition) is 2. The smallest absolute Gasteiger partial charge is 0.291 e. The highest BCUT2D eigenvalue weighted by molar-refractivity contribution is 6.02. The minimum atomic E-state index is -2.71. The van der Waals surface area contributed by atoms with Crippen LogP contribution in [0.25, 0.3) is 0 Å². The fourth-order valence-electron chi connectivity index (χ4n) is 3.97. The van der Waals surface area contributed by atoms with Gasteiger partial charge in [-0.25, -0.2) is 13.8 Å². The molecule has 1 unspecified atom stereocenters. The van der Waals surface area contributed by atoms with Gasteiger partial charge < -0.3 is 19.9 Å². The number of nitrogens with zero attached hydrogens (tertiary/aromatic N) is 4. The normalized spacial score (nSPS) is 19.0. The Kier molecular flexibility index (Phi) is 5.39. The Morgan fingerprint density at radius 2 is 2.00 bits per heavy atom. The zero-order valence-corrected chi connectivity index (χ0v) is 18.3. The van der Waals surface area contributed by atoms with Crippen LogP contribution in [0, 0.1) is 0 Å². The first-order chi connectivity index (χ1) is 16.3. The Labute approximate surface area is 193 Å². The first kappa shape index (κ1) is 21.8. The van der Waals surface area contributed by atoms with Gasteiger partial charge in [0.15, 0.2) is 0 Å². The molecule has 1 saturated heterocycles. The number of benzene rings is 2. The number of ether oxygens (including phenoxy) is 1. The van der Waals surface area contributed by atoms with Crippen LogP contribution in [0.1, 0.15) is 22.0 Å². The van der Waals surface area contributed by atoms with E-state index in [4.69, 9.17) is 4.74 Å². The lowest BCUT2D eigenvalue weighted by Crippen LogP contribution is -2.56. The van der Waals surface area contributed by atoms with Crippen LogP contribution < -0.4 is 19.9 Å². The van der Waals surface area contributed by atoms with E-state index in [1.807, 2.05) is 30.3 Å². The van der Waals surface area contributed by atoms with Gasteiger partial charge in [0, 0.05) is 19.2 Å². The topological polar surface area (TPSA) is 103 Å². The number of alkyl halides is 2. The summed E-state index contributed by atoms with van der Waals surface area (Å²) in [5.41, 5.74) is 2.03. The van der Waals surface area contributed by atoms with Crippen molar-refractivity contribution in [1.29, 1.82) is 0 Å². The molecule has 1 fully saturated rings. The maximum absolute atomic E-state index is 13.3. The van der Waals surface area contributed by atoms with Crippen LogP contribution in [0.15, 0.2) is 48.5 Å². The average Bonchev–Trinajstić information content (AvgIpc) is 3.24. The lowest BCUT2D eigenvalue weighted by atomic mass is 10.1. The summed E-state index contributed by atoms with van der Waals surface area (Å²) in [7, 11) is 1.55. The molecule has 9 nitrogen and oxygen atoms in total. The number of amides is 2. The fourth-order valence-corrected chi connectivity index (χ4v) is 3.97. The molecule has 5 rings (SSSR count). The molecule has 2 aliphatic heterocycles. The first-order valence-corrected chi connectivity index (χ1v) is 10.7. The molecule has 0 radical (unpaired) electrons. The molecule has 176 valence electrons. The molecule has 11 heteroatoms. The fraction of sp³-hybridized carbons (Fsp3) is 0.304. The average molecular weight is 468 g/mol. The van der Waals surface area contributed by atoms with Crippen molar-refractivity contribution in [1.82, 2.24) is 20.5 Å². The van der Waals surface area contributed by atoms with Gasteiger partial charge in [-0.3, -0.25) is 14.7 Å². The van der Waals surface area contributed by atoms with E-state index in [-0.39, 0.29) is 25.5 Å². The van der Waals surface area contributed by atoms with E-state index in [0.717, 1.165) is 5.56 Å². The Bertz CT molecular complexity index is 1220. The number of rotatable bonds is 5. The van der Waals surface area contributed by atoms with Crippen molar-refractivity contribution in [3.8, 4) is 5.75 Å². The summed E-state index contributed by atoms with van der Waals surface area (Å²) in [5.74, 6) is -2.86. The number of carbonyl (C=O) groups is 2. The molecule has 2 amide bonds. The summed E-state index contributed by atoms with van der Waals surface area (Å²) < 4.78 is 32.3. The monoisotopic (exact) mass is 468 g/mol. The number of aromatic nitrogens is 3. The molecule has 0 aliphatic carbocycles. The molecule has 2 aliphatic rings. The number of fused-ring (bicyclic) bond motifs is 1. The van der Waals surface area contributed by atoms with Crippen LogP contribution in [-0.4, -0.2) is 65.7 Å². The summed E-state index contributed by atoms with van der Waals surface area (Å²) in [6.45, 7) is -0.831. The largest absolute Gasteiger partial charge is 0.489 e. The summed E-state index contributed by atoms with van der Waals surface area (Å²) in [6.07, 6.45) is 0.482. The third-order valence-electron chi connectivity index (χ3n) is 5.80. The van der Waals surface area contributed by atoms with E-state index in [2.05, 4.69) is 20.5 Å². The molecular weight excluding hydrogens is 446 g/mol. The van der Waals surface area contributed by atoms with E-state index in [1.165, 1.54) is 9.80 Å². The van der Waals surface area contributed by atoms with Crippen molar-refractivity contribution < 1.29 is 23.1 Å². The van der Waals surface area contributed by atoms with Crippen molar-refractivity contribution in [3.05, 3.63) is 65.7 Å². The molecule has 0 saturated carbocycles. The molecule has 0 bridgehead atoms. The summed E-state index contributed by atoms with van der Waals surface area (Å²) >= 11 is 0. The quantitative estimate of drug-likeness (QED) is 0.594. The van der Waals surface area contributed by atoms with E-state index in [0.29, 0.717) is 29.4 Å². The highest BCUT2D eigenvalue weighted by Crippen LogP contribution is 2.38.